The van der Waals surface area contributed by atoms with Gasteiger partial charge in [0.05, 0.1) is 35.7 Å². The average molecular weight is 473 g/mol. The van der Waals surface area contributed by atoms with Crippen LogP contribution in [0.2, 0.25) is 0 Å². The van der Waals surface area contributed by atoms with Gasteiger partial charge in [-0.3, -0.25) is 9.69 Å². The van der Waals surface area contributed by atoms with Crippen molar-refractivity contribution in [3.63, 3.8) is 0 Å². The molecule has 4 rings (SSSR count). The molecule has 1 amide bonds. The number of aliphatic imine (C=N–C) groups is 1. The third-order valence-electron chi connectivity index (χ3n) is 7.43. The molecule has 186 valence electrons. The quantitative estimate of drug-likeness (QED) is 0.318. The van der Waals surface area contributed by atoms with E-state index in [9.17, 15) is 14.7 Å². The molecule has 1 aromatic heterocycles. The smallest absolute Gasteiger partial charge is 0.336 e. The zero-order valence-electron chi connectivity index (χ0n) is 20.2. The Balaban J connectivity index is 0.00000158. The normalized spacial score (nSPS) is 25.8. The van der Waals surface area contributed by atoms with Crippen LogP contribution in [0.25, 0.3) is 0 Å². The lowest BCUT2D eigenvalue weighted by Crippen LogP contribution is -2.44. The molecule has 10 nitrogen and oxygen atoms in total. The molecule has 1 aromatic rings. The molecule has 2 fully saturated rings. The lowest BCUT2D eigenvalue weighted by molar-refractivity contribution is -0.138. The van der Waals surface area contributed by atoms with Crippen LogP contribution in [-0.4, -0.2) is 78.0 Å². The second-order valence-electron chi connectivity index (χ2n) is 8.96. The molecule has 10 heteroatoms. The number of esters is 1. The van der Waals surface area contributed by atoms with E-state index in [1.165, 1.54) is 13.4 Å². The molecule has 2 aliphatic heterocycles. The number of pyridine rings is 1. The first-order valence-corrected chi connectivity index (χ1v) is 11.7. The van der Waals surface area contributed by atoms with E-state index in [1.807, 2.05) is 13.1 Å². The van der Waals surface area contributed by atoms with Crippen molar-refractivity contribution in [2.24, 2.45) is 21.9 Å². The van der Waals surface area contributed by atoms with Gasteiger partial charge in [0.1, 0.15) is 6.61 Å². The van der Waals surface area contributed by atoms with Gasteiger partial charge in [-0.2, -0.15) is 0 Å². The van der Waals surface area contributed by atoms with Gasteiger partial charge < -0.3 is 26.2 Å². The maximum Gasteiger partial charge on any atom is 0.336 e. The fraction of sp³-hybridized carbons (Fsp3) is 0.583. The van der Waals surface area contributed by atoms with Gasteiger partial charge in [0.15, 0.2) is 5.82 Å². The Kier molecular flexibility index (Phi) is 8.40. The first-order valence-electron chi connectivity index (χ1n) is 11.7. The molecule has 1 saturated carbocycles. The number of amides is 1. The number of ether oxygens (including phenoxy) is 1. The molecular weight excluding hydrogens is 436 g/mol. The lowest BCUT2D eigenvalue weighted by atomic mass is 9.71. The summed E-state index contributed by atoms with van der Waals surface area (Å²) >= 11 is 0. The first-order chi connectivity index (χ1) is 16.4. The van der Waals surface area contributed by atoms with Crippen LogP contribution >= 0.6 is 0 Å². The number of hydrogen-bond donors (Lipinski definition) is 3. The van der Waals surface area contributed by atoms with Gasteiger partial charge in [-0.1, -0.05) is 6.07 Å². The molecule has 0 bridgehead atoms. The number of cyclic esters (lactones) is 1. The fourth-order valence-electron chi connectivity index (χ4n) is 5.32. The molecule has 1 spiro atoms. The SMILES string of the molecule is CC1=C(N2CCC3(CCC(N(C)[C@@H](CO)c4ccc(N=CN)nc4)CC3)C2=O)COC1=O.CN. The molecule has 0 unspecified atom stereocenters. The number of nitrogens with two attached hydrogens (primary N) is 2. The average Bonchev–Trinajstić information content (AvgIpc) is 3.35. The van der Waals surface area contributed by atoms with Crippen LogP contribution in [0.1, 0.15) is 50.6 Å². The third-order valence-corrected chi connectivity index (χ3v) is 7.43. The Hall–Kier alpha value is -2.82. The highest BCUT2D eigenvalue weighted by molar-refractivity contribution is 5.94. The highest BCUT2D eigenvalue weighted by Crippen LogP contribution is 2.47. The fourth-order valence-corrected chi connectivity index (χ4v) is 5.32. The number of rotatable bonds is 6. The maximum absolute atomic E-state index is 13.3. The number of hydrogen-bond acceptors (Lipinski definition) is 8. The van der Waals surface area contributed by atoms with E-state index in [4.69, 9.17) is 10.5 Å². The third kappa shape index (κ3) is 4.84. The van der Waals surface area contributed by atoms with Crippen LogP contribution in [0.4, 0.5) is 5.82 Å². The Morgan fingerprint density at radius 3 is 2.56 bits per heavy atom. The molecular formula is C24H36N6O4. The molecule has 3 heterocycles. The van der Waals surface area contributed by atoms with E-state index >= 15 is 0 Å². The van der Waals surface area contributed by atoms with E-state index in [0.29, 0.717) is 17.9 Å². The van der Waals surface area contributed by atoms with E-state index < -0.39 is 0 Å². The number of aromatic nitrogens is 1. The molecule has 0 radical (unpaired) electrons. The number of aliphatic hydroxyl groups excluding tert-OH is 1. The van der Waals surface area contributed by atoms with Crippen molar-refractivity contribution in [2.75, 3.05) is 33.9 Å². The predicted molar refractivity (Wildman–Crippen MR) is 129 cm³/mol. The molecule has 5 N–H and O–H groups in total. The van der Waals surface area contributed by atoms with Crippen LogP contribution in [0, 0.1) is 5.41 Å². The molecule has 3 aliphatic rings. The van der Waals surface area contributed by atoms with Gasteiger partial charge in [-0.25, -0.2) is 14.8 Å². The van der Waals surface area contributed by atoms with Crippen molar-refractivity contribution in [3.8, 4) is 0 Å². The number of carbonyl (C=O) groups is 2. The molecule has 0 aromatic carbocycles. The summed E-state index contributed by atoms with van der Waals surface area (Å²) in [7, 11) is 3.52. The van der Waals surface area contributed by atoms with Crippen LogP contribution in [0.3, 0.4) is 0 Å². The first kappa shape index (κ1) is 25.8. The minimum Gasteiger partial charge on any atom is -0.456 e. The summed E-state index contributed by atoms with van der Waals surface area (Å²) in [5, 5.41) is 10.1. The maximum atomic E-state index is 13.3. The Morgan fingerprint density at radius 1 is 1.32 bits per heavy atom. The molecule has 34 heavy (non-hydrogen) atoms. The lowest BCUT2D eigenvalue weighted by Gasteiger charge is -2.42. The number of aliphatic hydroxyl groups is 1. The number of nitrogens with zero attached hydrogens (tertiary/aromatic N) is 4. The summed E-state index contributed by atoms with van der Waals surface area (Å²) in [5.41, 5.74) is 11.7. The largest absolute Gasteiger partial charge is 0.456 e. The van der Waals surface area contributed by atoms with E-state index in [-0.39, 0.29) is 42.6 Å². The summed E-state index contributed by atoms with van der Waals surface area (Å²) in [5.74, 6) is 0.330. The molecule has 1 saturated heterocycles. The standard InChI is InChI=1S/C23H31N5O4.CH5N/c1-15-19(13-32-21(15)30)28-10-9-23(22(28)31)7-5-17(6-8-23)27(2)18(12-29)16-3-4-20(25-11-16)26-14-24;1-2/h3-4,11,14,17-18,29H,5-10,12-13H2,1-2H3,(H2,24,25,26);2H2,1H3/t17?,18-,23?;/m0./s1. The second kappa shape index (κ2) is 11.1. The van der Waals surface area contributed by atoms with Crippen molar-refractivity contribution < 1.29 is 19.4 Å². The Labute approximate surface area is 200 Å². The van der Waals surface area contributed by atoms with Crippen LogP contribution in [0.5, 0.6) is 0 Å². The van der Waals surface area contributed by atoms with Gasteiger partial charge in [-0.15, -0.1) is 0 Å². The van der Waals surface area contributed by atoms with E-state index in [0.717, 1.165) is 43.4 Å². The minimum absolute atomic E-state index is 0.0203. The number of likely N-dealkylation sites (tertiary alicyclic amines) is 1. The van der Waals surface area contributed by atoms with Gasteiger partial charge in [0.2, 0.25) is 5.91 Å². The summed E-state index contributed by atoms with van der Waals surface area (Å²) in [6.45, 7) is 2.55. The van der Waals surface area contributed by atoms with Crippen LogP contribution in [-0.2, 0) is 14.3 Å². The van der Waals surface area contributed by atoms with Crippen LogP contribution in [0.15, 0.2) is 34.6 Å². The van der Waals surface area contributed by atoms with Gasteiger partial charge >= 0.3 is 5.97 Å². The molecule has 1 atom stereocenters. The van der Waals surface area contributed by atoms with Crippen LogP contribution < -0.4 is 11.5 Å². The monoisotopic (exact) mass is 472 g/mol. The van der Waals surface area contributed by atoms with Crippen molar-refractivity contribution in [2.45, 2.75) is 51.1 Å². The second-order valence-corrected chi connectivity index (χ2v) is 8.96. The summed E-state index contributed by atoms with van der Waals surface area (Å²) < 4.78 is 5.11. The van der Waals surface area contributed by atoms with Crippen molar-refractivity contribution >= 4 is 24.0 Å². The summed E-state index contributed by atoms with van der Waals surface area (Å²) in [6.07, 6.45) is 7.10. The highest BCUT2D eigenvalue weighted by Gasteiger charge is 2.50. The van der Waals surface area contributed by atoms with Gasteiger partial charge in [0.25, 0.3) is 0 Å². The van der Waals surface area contributed by atoms with E-state index in [2.05, 4.69) is 20.6 Å². The van der Waals surface area contributed by atoms with E-state index in [1.54, 1.807) is 24.1 Å². The number of likely N-dealkylation sites (N-methyl/N-ethyl adjacent to an activating group) is 1. The van der Waals surface area contributed by atoms with Crippen molar-refractivity contribution in [1.29, 1.82) is 0 Å². The summed E-state index contributed by atoms with van der Waals surface area (Å²) in [6, 6.07) is 3.78. The van der Waals surface area contributed by atoms with Gasteiger partial charge in [0, 0.05) is 18.8 Å². The topological polar surface area (TPSA) is 147 Å². The van der Waals surface area contributed by atoms with Gasteiger partial charge in [-0.05, 0) is 64.8 Å². The highest BCUT2D eigenvalue weighted by atomic mass is 16.5. The number of carbonyl (C=O) groups excluding carboxylic acids is 2. The predicted octanol–water partition coefficient (Wildman–Crippen LogP) is 1.23. The Bertz CT molecular complexity index is 937. The zero-order chi connectivity index (χ0) is 24.9. The van der Waals surface area contributed by atoms with Crippen molar-refractivity contribution in [3.05, 3.63) is 35.2 Å². The minimum atomic E-state index is -0.353. The Morgan fingerprint density at radius 2 is 2.03 bits per heavy atom. The summed E-state index contributed by atoms with van der Waals surface area (Å²) in [4.78, 5) is 37.3. The zero-order valence-corrected chi connectivity index (χ0v) is 20.2. The molecule has 1 aliphatic carbocycles. The van der Waals surface area contributed by atoms with Crippen molar-refractivity contribution in [1.82, 2.24) is 14.8 Å².